The number of anilines is 2. The van der Waals surface area contributed by atoms with Crippen molar-refractivity contribution >= 4 is 17.4 Å². The molecule has 1 heterocycles. The fourth-order valence-electron chi connectivity index (χ4n) is 3.34. The summed E-state index contributed by atoms with van der Waals surface area (Å²) >= 11 is 0. The Morgan fingerprint density at radius 3 is 2.41 bits per heavy atom. The van der Waals surface area contributed by atoms with Gasteiger partial charge in [0.2, 0.25) is 0 Å². The van der Waals surface area contributed by atoms with Gasteiger partial charge in [0.15, 0.2) is 0 Å². The predicted molar refractivity (Wildman–Crippen MR) is 124 cm³/mol. The van der Waals surface area contributed by atoms with Crippen molar-refractivity contribution in [3.05, 3.63) is 76.5 Å². The molecule has 7 heteroatoms. The molecule has 32 heavy (non-hydrogen) atoms. The minimum Gasteiger partial charge on any atom is -0.456 e. The first-order valence-electron chi connectivity index (χ1n) is 10.2. The first kappa shape index (κ1) is 22.8. The molecule has 0 spiro atoms. The second-order valence-corrected chi connectivity index (χ2v) is 7.46. The van der Waals surface area contributed by atoms with Gasteiger partial charge >= 0.3 is 0 Å². The van der Waals surface area contributed by atoms with Crippen LogP contribution in [0.3, 0.4) is 0 Å². The summed E-state index contributed by atoms with van der Waals surface area (Å²) < 4.78 is 11.3. The van der Waals surface area contributed by atoms with E-state index in [2.05, 4.69) is 21.7 Å². The van der Waals surface area contributed by atoms with E-state index in [-0.39, 0.29) is 5.91 Å². The van der Waals surface area contributed by atoms with Gasteiger partial charge < -0.3 is 20.1 Å². The molecule has 7 nitrogen and oxygen atoms in total. The van der Waals surface area contributed by atoms with Crippen LogP contribution in [0, 0.1) is 32.1 Å². The SMILES string of the molecule is COCCNC(=O)c1cnc(Nc2ccc(C#N)cc2)cc1Oc1c(C)cc(C)cc1C. The van der Waals surface area contributed by atoms with E-state index in [1.54, 1.807) is 37.4 Å². The minimum absolute atomic E-state index is 0.295. The molecule has 2 N–H and O–H groups in total. The van der Waals surface area contributed by atoms with Crippen LogP contribution in [0.5, 0.6) is 11.5 Å². The molecular formula is C25H26N4O3. The molecule has 0 aliphatic carbocycles. The number of benzene rings is 2. The van der Waals surface area contributed by atoms with Crippen LogP contribution in [0.2, 0.25) is 0 Å². The van der Waals surface area contributed by atoms with Crippen LogP contribution in [0.1, 0.15) is 32.6 Å². The summed E-state index contributed by atoms with van der Waals surface area (Å²) in [5.41, 5.74) is 4.76. The van der Waals surface area contributed by atoms with Gasteiger partial charge in [0, 0.05) is 31.6 Å². The zero-order valence-electron chi connectivity index (χ0n) is 18.7. The zero-order chi connectivity index (χ0) is 23.1. The summed E-state index contributed by atoms with van der Waals surface area (Å²) in [6.45, 7) is 6.77. The van der Waals surface area contributed by atoms with Crippen molar-refractivity contribution in [3.8, 4) is 17.6 Å². The lowest BCUT2D eigenvalue weighted by molar-refractivity contribution is 0.0934. The van der Waals surface area contributed by atoms with E-state index in [9.17, 15) is 4.79 Å². The monoisotopic (exact) mass is 430 g/mol. The number of nitrogens with zero attached hydrogens (tertiary/aromatic N) is 2. The Morgan fingerprint density at radius 2 is 1.78 bits per heavy atom. The number of carbonyl (C=O) groups excluding carboxylic acids is 1. The highest BCUT2D eigenvalue weighted by Gasteiger charge is 2.17. The van der Waals surface area contributed by atoms with Gasteiger partial charge in [-0.25, -0.2) is 4.98 Å². The lowest BCUT2D eigenvalue weighted by atomic mass is 10.1. The smallest absolute Gasteiger partial charge is 0.256 e. The molecule has 0 fully saturated rings. The van der Waals surface area contributed by atoms with E-state index < -0.39 is 0 Å². The maximum Gasteiger partial charge on any atom is 0.256 e. The van der Waals surface area contributed by atoms with Crippen LogP contribution < -0.4 is 15.4 Å². The van der Waals surface area contributed by atoms with Crippen molar-refractivity contribution in [1.82, 2.24) is 10.3 Å². The maximum atomic E-state index is 12.8. The summed E-state index contributed by atoms with van der Waals surface area (Å²) in [6, 6.07) is 14.9. The second kappa shape index (κ2) is 10.4. The zero-order valence-corrected chi connectivity index (χ0v) is 18.7. The van der Waals surface area contributed by atoms with Gasteiger partial charge in [-0.3, -0.25) is 4.79 Å². The first-order valence-corrected chi connectivity index (χ1v) is 10.2. The Kier molecular flexibility index (Phi) is 7.42. The maximum absolute atomic E-state index is 12.8. The Labute approximate surface area is 188 Å². The van der Waals surface area contributed by atoms with Gasteiger partial charge in [0.05, 0.1) is 18.2 Å². The summed E-state index contributed by atoms with van der Waals surface area (Å²) in [6.07, 6.45) is 1.49. The molecule has 0 bridgehead atoms. The van der Waals surface area contributed by atoms with Crippen molar-refractivity contribution in [3.63, 3.8) is 0 Å². The lowest BCUT2D eigenvalue weighted by Crippen LogP contribution is -2.27. The number of aryl methyl sites for hydroxylation is 3. The van der Waals surface area contributed by atoms with Gasteiger partial charge in [-0.05, 0) is 56.2 Å². The van der Waals surface area contributed by atoms with E-state index in [0.717, 1.165) is 22.4 Å². The number of aromatic nitrogens is 1. The molecule has 0 aliphatic heterocycles. The Bertz CT molecular complexity index is 1130. The molecule has 0 aliphatic rings. The molecule has 3 rings (SSSR count). The number of methoxy groups -OCH3 is 1. The molecule has 3 aromatic rings. The number of hydrogen-bond acceptors (Lipinski definition) is 6. The molecule has 0 radical (unpaired) electrons. The largest absolute Gasteiger partial charge is 0.456 e. The van der Waals surface area contributed by atoms with Crippen LogP contribution in [-0.2, 0) is 4.74 Å². The standard InChI is InChI=1S/C25H26N4O3/c1-16-11-17(2)24(18(3)12-16)32-22-13-23(29-20-7-5-19(14-26)6-8-20)28-15-21(22)25(30)27-9-10-31-4/h5-8,11-13,15H,9-10H2,1-4H3,(H,27,30)(H,28,29). The molecule has 0 atom stereocenters. The van der Waals surface area contributed by atoms with Crippen molar-refractivity contribution in [2.45, 2.75) is 20.8 Å². The summed E-state index contributed by atoms with van der Waals surface area (Å²) in [5, 5.41) is 15.0. The summed E-state index contributed by atoms with van der Waals surface area (Å²) in [4.78, 5) is 17.1. The van der Waals surface area contributed by atoms with Crippen LogP contribution >= 0.6 is 0 Å². The van der Waals surface area contributed by atoms with Crippen molar-refractivity contribution in [1.29, 1.82) is 5.26 Å². The van der Waals surface area contributed by atoms with Gasteiger partial charge in [-0.1, -0.05) is 17.7 Å². The number of amides is 1. The van der Waals surface area contributed by atoms with E-state index >= 15 is 0 Å². The molecule has 1 aromatic heterocycles. The first-order chi connectivity index (χ1) is 15.4. The van der Waals surface area contributed by atoms with Crippen LogP contribution in [0.15, 0.2) is 48.7 Å². The highest BCUT2D eigenvalue weighted by molar-refractivity contribution is 5.97. The summed E-state index contributed by atoms with van der Waals surface area (Å²) in [5.74, 6) is 1.32. The van der Waals surface area contributed by atoms with E-state index in [1.807, 2.05) is 32.9 Å². The topological polar surface area (TPSA) is 96.3 Å². The van der Waals surface area contributed by atoms with Gasteiger partial charge in [0.25, 0.3) is 5.91 Å². The normalized spacial score (nSPS) is 10.3. The predicted octanol–water partition coefficient (Wildman–Crippen LogP) is 4.79. The highest BCUT2D eigenvalue weighted by Crippen LogP contribution is 2.33. The van der Waals surface area contributed by atoms with Crippen molar-refractivity contribution in [2.75, 3.05) is 25.6 Å². The third kappa shape index (κ3) is 5.62. The number of ether oxygens (including phenoxy) is 2. The summed E-state index contributed by atoms with van der Waals surface area (Å²) in [7, 11) is 1.58. The van der Waals surface area contributed by atoms with Crippen LogP contribution in [-0.4, -0.2) is 31.2 Å². The molecule has 1 amide bonds. The van der Waals surface area contributed by atoms with Crippen LogP contribution in [0.25, 0.3) is 0 Å². The van der Waals surface area contributed by atoms with Crippen LogP contribution in [0.4, 0.5) is 11.5 Å². The molecular weight excluding hydrogens is 404 g/mol. The van der Waals surface area contributed by atoms with Crippen molar-refractivity contribution in [2.24, 2.45) is 0 Å². The van der Waals surface area contributed by atoms with Gasteiger partial charge in [0.1, 0.15) is 22.9 Å². The molecule has 0 unspecified atom stereocenters. The molecule has 0 saturated heterocycles. The fourth-order valence-corrected chi connectivity index (χ4v) is 3.34. The Hall–Kier alpha value is -3.89. The molecule has 164 valence electrons. The fraction of sp³-hybridized carbons (Fsp3) is 0.240. The number of hydrogen-bond donors (Lipinski definition) is 2. The average Bonchev–Trinajstić information content (AvgIpc) is 2.77. The van der Waals surface area contributed by atoms with E-state index in [1.165, 1.54) is 6.20 Å². The number of carbonyl (C=O) groups is 1. The average molecular weight is 431 g/mol. The van der Waals surface area contributed by atoms with Gasteiger partial charge in [-0.15, -0.1) is 0 Å². The van der Waals surface area contributed by atoms with Crippen molar-refractivity contribution < 1.29 is 14.3 Å². The van der Waals surface area contributed by atoms with E-state index in [0.29, 0.717) is 41.6 Å². The number of nitrogens with one attached hydrogen (secondary N) is 2. The van der Waals surface area contributed by atoms with Gasteiger partial charge in [-0.2, -0.15) is 5.26 Å². The quantitative estimate of drug-likeness (QED) is 0.499. The Balaban J connectivity index is 1.95. The van der Waals surface area contributed by atoms with E-state index in [4.69, 9.17) is 14.7 Å². The second-order valence-electron chi connectivity index (χ2n) is 7.46. The Morgan fingerprint density at radius 1 is 1.09 bits per heavy atom. The lowest BCUT2D eigenvalue weighted by Gasteiger charge is -2.17. The third-order valence-electron chi connectivity index (χ3n) is 4.81. The molecule has 2 aromatic carbocycles. The molecule has 0 saturated carbocycles. The minimum atomic E-state index is -0.295. The highest BCUT2D eigenvalue weighted by atomic mass is 16.5. The number of nitriles is 1. The number of pyridine rings is 1. The number of rotatable bonds is 8. The third-order valence-corrected chi connectivity index (χ3v) is 4.81.